The van der Waals surface area contributed by atoms with Crippen molar-refractivity contribution in [2.45, 2.75) is 39.0 Å². The van der Waals surface area contributed by atoms with Crippen LogP contribution in [0.2, 0.25) is 0 Å². The fourth-order valence-corrected chi connectivity index (χ4v) is 3.78. The highest BCUT2D eigenvalue weighted by atomic mass is 32.1. The molecule has 5 nitrogen and oxygen atoms in total. The molecule has 0 saturated heterocycles. The topological polar surface area (TPSA) is 62.3 Å². The van der Waals surface area contributed by atoms with Crippen LogP contribution in [0.1, 0.15) is 41.0 Å². The van der Waals surface area contributed by atoms with Gasteiger partial charge in [-0.05, 0) is 43.7 Å². The van der Waals surface area contributed by atoms with E-state index in [2.05, 4.69) is 10.3 Å². The van der Waals surface area contributed by atoms with Gasteiger partial charge in [-0.25, -0.2) is 4.98 Å². The SMILES string of the molecule is CC(C)N(C)C(=O)c1ccc(CNC(=O)Cc2csc(-c3ccc(C(F)(F)F)cc3)n2)cc1. The summed E-state index contributed by atoms with van der Waals surface area (Å²) in [5.74, 6) is -0.285. The third-order valence-corrected chi connectivity index (χ3v) is 6.08. The summed E-state index contributed by atoms with van der Waals surface area (Å²) in [4.78, 5) is 30.6. The van der Waals surface area contributed by atoms with Crippen LogP contribution in [0.5, 0.6) is 0 Å². The highest BCUT2D eigenvalue weighted by Gasteiger charge is 2.30. The molecule has 0 atom stereocenters. The van der Waals surface area contributed by atoms with Crippen LogP contribution in [0.4, 0.5) is 13.2 Å². The molecule has 2 aromatic carbocycles. The number of thiazole rings is 1. The number of aromatic nitrogens is 1. The number of nitrogens with zero attached hydrogens (tertiary/aromatic N) is 2. The maximum absolute atomic E-state index is 12.7. The first-order valence-electron chi connectivity index (χ1n) is 10.3. The highest BCUT2D eigenvalue weighted by molar-refractivity contribution is 7.13. The Labute approximate surface area is 194 Å². The molecule has 9 heteroatoms. The molecular weight excluding hydrogens is 451 g/mol. The molecule has 0 fully saturated rings. The minimum Gasteiger partial charge on any atom is -0.352 e. The van der Waals surface area contributed by atoms with Gasteiger partial charge in [-0.2, -0.15) is 13.2 Å². The second-order valence-electron chi connectivity index (χ2n) is 7.88. The van der Waals surface area contributed by atoms with Gasteiger partial charge in [-0.15, -0.1) is 11.3 Å². The van der Waals surface area contributed by atoms with Crippen LogP contribution >= 0.6 is 11.3 Å². The minimum atomic E-state index is -4.38. The zero-order chi connectivity index (χ0) is 24.2. The molecule has 0 saturated carbocycles. The van der Waals surface area contributed by atoms with Gasteiger partial charge in [0.25, 0.3) is 5.91 Å². The van der Waals surface area contributed by atoms with E-state index in [-0.39, 0.29) is 24.3 Å². The molecule has 1 aromatic heterocycles. The van der Waals surface area contributed by atoms with Gasteiger partial charge in [0.15, 0.2) is 0 Å². The maximum atomic E-state index is 12.7. The summed E-state index contributed by atoms with van der Waals surface area (Å²) < 4.78 is 38.1. The fraction of sp³-hybridized carbons (Fsp3) is 0.292. The molecule has 0 radical (unpaired) electrons. The number of alkyl halides is 3. The maximum Gasteiger partial charge on any atom is 0.416 e. The van der Waals surface area contributed by atoms with Crippen LogP contribution in [0.25, 0.3) is 10.6 Å². The molecule has 0 spiro atoms. The van der Waals surface area contributed by atoms with Crippen molar-refractivity contribution >= 4 is 23.2 Å². The first-order valence-corrected chi connectivity index (χ1v) is 11.2. The number of benzene rings is 2. The Balaban J connectivity index is 1.53. The van der Waals surface area contributed by atoms with E-state index in [1.165, 1.54) is 23.5 Å². The Hall–Kier alpha value is -3.20. The average molecular weight is 476 g/mol. The predicted molar refractivity (Wildman–Crippen MR) is 122 cm³/mol. The third-order valence-electron chi connectivity index (χ3n) is 5.14. The lowest BCUT2D eigenvalue weighted by molar-refractivity contribution is -0.137. The molecule has 174 valence electrons. The molecule has 0 aliphatic rings. The van der Waals surface area contributed by atoms with Crippen LogP contribution < -0.4 is 5.32 Å². The summed E-state index contributed by atoms with van der Waals surface area (Å²) in [6, 6.07) is 11.9. The lowest BCUT2D eigenvalue weighted by Crippen LogP contribution is -2.32. The predicted octanol–water partition coefficient (Wildman–Crippen LogP) is 5.17. The van der Waals surface area contributed by atoms with Gasteiger partial charge < -0.3 is 10.2 Å². The van der Waals surface area contributed by atoms with Crippen molar-refractivity contribution in [2.75, 3.05) is 7.05 Å². The van der Waals surface area contributed by atoms with Crippen LogP contribution in [0, 0.1) is 0 Å². The summed E-state index contributed by atoms with van der Waals surface area (Å²) >= 11 is 1.27. The van der Waals surface area contributed by atoms with Crippen LogP contribution in [0.3, 0.4) is 0 Å². The number of nitrogens with one attached hydrogen (secondary N) is 1. The van der Waals surface area contributed by atoms with Crippen LogP contribution in [0.15, 0.2) is 53.9 Å². The monoisotopic (exact) mass is 475 g/mol. The van der Waals surface area contributed by atoms with Gasteiger partial charge in [-0.3, -0.25) is 9.59 Å². The Bertz CT molecular complexity index is 1110. The lowest BCUT2D eigenvalue weighted by atomic mass is 10.1. The van der Waals surface area contributed by atoms with Gasteiger partial charge in [-0.1, -0.05) is 24.3 Å². The number of halogens is 3. The van der Waals surface area contributed by atoms with E-state index in [1.54, 1.807) is 41.6 Å². The molecule has 0 bridgehead atoms. The van der Waals surface area contributed by atoms with Crippen molar-refractivity contribution < 1.29 is 22.8 Å². The number of carbonyl (C=O) groups excluding carboxylic acids is 2. The Kier molecular flexibility index (Phi) is 7.53. The Morgan fingerprint density at radius 2 is 1.70 bits per heavy atom. The number of hydrogen-bond donors (Lipinski definition) is 1. The zero-order valence-corrected chi connectivity index (χ0v) is 19.3. The van der Waals surface area contributed by atoms with Gasteiger partial charge in [0.1, 0.15) is 5.01 Å². The van der Waals surface area contributed by atoms with E-state index in [9.17, 15) is 22.8 Å². The molecule has 3 rings (SSSR count). The standard InChI is InChI=1S/C24H24F3N3O2S/c1-15(2)30(3)23(32)18-6-4-16(5-7-18)13-28-21(31)12-20-14-33-22(29-20)17-8-10-19(11-9-17)24(25,26)27/h4-11,14-15H,12-13H2,1-3H3,(H,28,31). The van der Waals surface area contributed by atoms with Crippen molar-refractivity contribution in [3.63, 3.8) is 0 Å². The summed E-state index contributed by atoms with van der Waals surface area (Å²) in [5.41, 5.74) is 1.84. The Morgan fingerprint density at radius 1 is 1.06 bits per heavy atom. The second-order valence-corrected chi connectivity index (χ2v) is 8.74. The van der Waals surface area contributed by atoms with Crippen molar-refractivity contribution in [3.8, 4) is 10.6 Å². The molecule has 33 heavy (non-hydrogen) atoms. The van der Waals surface area contributed by atoms with E-state index >= 15 is 0 Å². The lowest BCUT2D eigenvalue weighted by Gasteiger charge is -2.21. The van der Waals surface area contributed by atoms with E-state index in [1.807, 2.05) is 13.8 Å². The number of amides is 2. The summed E-state index contributed by atoms with van der Waals surface area (Å²) in [5, 5.41) is 5.09. The van der Waals surface area contributed by atoms with E-state index in [0.29, 0.717) is 28.4 Å². The van der Waals surface area contributed by atoms with Gasteiger partial charge >= 0.3 is 6.18 Å². The molecule has 0 aliphatic heterocycles. The van der Waals surface area contributed by atoms with Crippen molar-refractivity contribution in [1.29, 1.82) is 0 Å². The molecule has 1 N–H and O–H groups in total. The quantitative estimate of drug-likeness (QED) is 0.513. The number of hydrogen-bond acceptors (Lipinski definition) is 4. The van der Waals surface area contributed by atoms with Crippen molar-refractivity contribution in [3.05, 3.63) is 76.3 Å². The molecule has 0 aliphatic carbocycles. The first kappa shape index (κ1) is 24.4. The first-order chi connectivity index (χ1) is 15.5. The van der Waals surface area contributed by atoms with Gasteiger partial charge in [0, 0.05) is 36.1 Å². The van der Waals surface area contributed by atoms with E-state index in [4.69, 9.17) is 0 Å². The second kappa shape index (κ2) is 10.2. The van der Waals surface area contributed by atoms with Crippen molar-refractivity contribution in [1.82, 2.24) is 15.2 Å². The number of rotatable bonds is 7. The molecular formula is C24H24F3N3O2S. The largest absolute Gasteiger partial charge is 0.416 e. The van der Waals surface area contributed by atoms with Crippen LogP contribution in [-0.4, -0.2) is 34.8 Å². The smallest absolute Gasteiger partial charge is 0.352 e. The summed E-state index contributed by atoms with van der Waals surface area (Å²) in [6.07, 6.45) is -4.32. The van der Waals surface area contributed by atoms with Crippen molar-refractivity contribution in [2.24, 2.45) is 0 Å². The van der Waals surface area contributed by atoms with Gasteiger partial charge in [0.2, 0.25) is 5.91 Å². The van der Waals surface area contributed by atoms with Crippen LogP contribution in [-0.2, 0) is 23.9 Å². The van der Waals surface area contributed by atoms with E-state index < -0.39 is 11.7 Å². The Morgan fingerprint density at radius 3 is 2.27 bits per heavy atom. The van der Waals surface area contributed by atoms with Gasteiger partial charge in [0.05, 0.1) is 17.7 Å². The molecule has 1 heterocycles. The highest BCUT2D eigenvalue weighted by Crippen LogP contribution is 2.31. The molecule has 0 unspecified atom stereocenters. The minimum absolute atomic E-state index is 0.0621. The normalized spacial score (nSPS) is 11.5. The third kappa shape index (κ3) is 6.41. The average Bonchev–Trinajstić information content (AvgIpc) is 3.25. The molecule has 2 amide bonds. The van der Waals surface area contributed by atoms with E-state index in [0.717, 1.165) is 17.7 Å². The summed E-state index contributed by atoms with van der Waals surface area (Å²) in [7, 11) is 1.75. The fourth-order valence-electron chi connectivity index (χ4n) is 2.95. The molecule has 3 aromatic rings. The zero-order valence-electron chi connectivity index (χ0n) is 18.4. The number of carbonyl (C=O) groups is 2. The summed E-state index contributed by atoms with van der Waals surface area (Å²) in [6.45, 7) is 4.19.